The number of hydrogen-bond acceptors (Lipinski definition) is 5. The van der Waals surface area contributed by atoms with Crippen LogP contribution in [-0.2, 0) is 6.61 Å². The summed E-state index contributed by atoms with van der Waals surface area (Å²) in [5.41, 5.74) is 12.8. The first-order valence-corrected chi connectivity index (χ1v) is 13.6. The molecule has 0 saturated heterocycles. The third-order valence-electron chi connectivity index (χ3n) is 7.15. The molecule has 1 amide bonds. The number of carbonyl (C=O) groups is 1. The van der Waals surface area contributed by atoms with Crippen molar-refractivity contribution in [2.75, 3.05) is 18.5 Å². The molecule has 4 N–H and O–H groups in total. The number of rotatable bonds is 10. The van der Waals surface area contributed by atoms with Gasteiger partial charge in [-0.05, 0) is 53.9 Å². The number of benzene rings is 4. The Balaban J connectivity index is 1.46. The van der Waals surface area contributed by atoms with E-state index in [0.717, 1.165) is 44.2 Å². The fraction of sp³-hybridized carbons (Fsp3) is 0.118. The van der Waals surface area contributed by atoms with Crippen LogP contribution >= 0.6 is 0 Å². The lowest BCUT2D eigenvalue weighted by Gasteiger charge is -2.14. The molecule has 4 aromatic carbocycles. The first kappa shape index (κ1) is 26.1. The fourth-order valence-electron chi connectivity index (χ4n) is 5.26. The van der Waals surface area contributed by atoms with Gasteiger partial charge in [-0.2, -0.15) is 0 Å². The third kappa shape index (κ3) is 5.23. The molecule has 204 valence electrons. The Morgan fingerprint density at radius 2 is 1.71 bits per heavy atom. The number of aromatic nitrogens is 2. The van der Waals surface area contributed by atoms with Crippen LogP contribution in [-0.4, -0.2) is 33.7 Å². The van der Waals surface area contributed by atoms with E-state index in [2.05, 4.69) is 39.1 Å². The molecule has 2 heterocycles. The molecule has 7 nitrogen and oxygen atoms in total. The first-order valence-electron chi connectivity index (χ1n) is 13.6. The number of nitrogens with one attached hydrogen (secondary N) is 1. The number of ether oxygens (including phenoxy) is 1. The summed E-state index contributed by atoms with van der Waals surface area (Å²) in [5.74, 6) is 0.196. The Kier molecular flexibility index (Phi) is 7.34. The number of nitrogens with two attached hydrogens (primary N) is 1. The maximum atomic E-state index is 12.1. The van der Waals surface area contributed by atoms with Crippen molar-refractivity contribution in [3.63, 3.8) is 0 Å². The molecular formula is C34H30N4O3. The number of amides is 1. The largest absolute Gasteiger partial charge is 0.487 e. The van der Waals surface area contributed by atoms with Crippen LogP contribution in [0, 0.1) is 0 Å². The molecule has 0 radical (unpaired) electrons. The summed E-state index contributed by atoms with van der Waals surface area (Å²) in [6.45, 7) is 1.04. The monoisotopic (exact) mass is 542 g/mol. The Labute approximate surface area is 237 Å². The van der Waals surface area contributed by atoms with Crippen molar-refractivity contribution in [1.82, 2.24) is 9.55 Å². The highest BCUT2D eigenvalue weighted by molar-refractivity contribution is 6.15. The van der Waals surface area contributed by atoms with Crippen LogP contribution in [0.25, 0.3) is 38.6 Å². The van der Waals surface area contributed by atoms with E-state index in [4.69, 9.17) is 10.5 Å². The molecule has 0 fully saturated rings. The molecule has 0 aliphatic rings. The zero-order valence-electron chi connectivity index (χ0n) is 22.5. The highest BCUT2D eigenvalue weighted by atomic mass is 16.5. The van der Waals surface area contributed by atoms with E-state index >= 15 is 0 Å². The van der Waals surface area contributed by atoms with E-state index < -0.39 is 5.91 Å². The summed E-state index contributed by atoms with van der Waals surface area (Å²) < 4.78 is 8.28. The highest BCUT2D eigenvalue weighted by Gasteiger charge is 2.18. The Bertz CT molecular complexity index is 1850. The SMILES string of the molecule is NC(=O)c1ccc(-n2c3ccccc3c3c(-c4cncc(OCc5ccccc5)c4)cccc32)cc1NCCCO. The predicted octanol–water partition coefficient (Wildman–Crippen LogP) is 6.32. The number of hydrogen-bond donors (Lipinski definition) is 3. The zero-order chi connectivity index (χ0) is 28.2. The van der Waals surface area contributed by atoms with Crippen molar-refractivity contribution in [1.29, 1.82) is 0 Å². The van der Waals surface area contributed by atoms with Gasteiger partial charge in [-0.1, -0.05) is 60.7 Å². The van der Waals surface area contributed by atoms with Crippen LogP contribution in [0.3, 0.4) is 0 Å². The van der Waals surface area contributed by atoms with E-state index in [-0.39, 0.29) is 6.61 Å². The molecule has 0 atom stereocenters. The number of aliphatic hydroxyl groups is 1. The number of carbonyl (C=O) groups excluding carboxylic acids is 1. The molecule has 0 spiro atoms. The zero-order valence-corrected chi connectivity index (χ0v) is 22.5. The van der Waals surface area contributed by atoms with Crippen LogP contribution in [0.5, 0.6) is 5.75 Å². The average molecular weight is 543 g/mol. The van der Waals surface area contributed by atoms with Gasteiger partial charge in [-0.25, -0.2) is 0 Å². The first-order chi connectivity index (χ1) is 20.1. The highest BCUT2D eigenvalue weighted by Crippen LogP contribution is 2.39. The number of anilines is 1. The quantitative estimate of drug-likeness (QED) is 0.176. The minimum atomic E-state index is -0.505. The molecule has 0 saturated carbocycles. The standard InChI is InChI=1S/C34H30N4O3/c35-34(40)28-15-14-25(19-30(28)37-16-7-17-39)38-31-12-5-4-10-29(31)33-27(11-6-13-32(33)38)24-18-26(21-36-20-24)41-22-23-8-2-1-3-9-23/h1-6,8-15,18-21,37,39H,7,16-17,22H2,(H2,35,40). The maximum Gasteiger partial charge on any atom is 0.250 e. The van der Waals surface area contributed by atoms with Gasteiger partial charge >= 0.3 is 0 Å². The van der Waals surface area contributed by atoms with Gasteiger partial charge in [-0.15, -0.1) is 0 Å². The molecule has 7 heteroatoms. The summed E-state index contributed by atoms with van der Waals surface area (Å²) in [5, 5.41) is 14.7. The predicted molar refractivity (Wildman–Crippen MR) is 163 cm³/mol. The van der Waals surface area contributed by atoms with Crippen molar-refractivity contribution in [3.8, 4) is 22.6 Å². The average Bonchev–Trinajstić information content (AvgIpc) is 3.35. The fourth-order valence-corrected chi connectivity index (χ4v) is 5.26. The molecular weight excluding hydrogens is 512 g/mol. The summed E-state index contributed by atoms with van der Waals surface area (Å²) in [6.07, 6.45) is 4.16. The third-order valence-corrected chi connectivity index (χ3v) is 7.15. The Morgan fingerprint density at radius 3 is 2.54 bits per heavy atom. The van der Waals surface area contributed by atoms with Gasteiger partial charge in [0.1, 0.15) is 12.4 Å². The van der Waals surface area contributed by atoms with Crippen LogP contribution in [0.15, 0.2) is 109 Å². The number of primary amides is 1. The number of nitrogens with zero attached hydrogens (tertiary/aromatic N) is 2. The van der Waals surface area contributed by atoms with Gasteiger partial charge in [0.2, 0.25) is 0 Å². The summed E-state index contributed by atoms with van der Waals surface area (Å²) in [4.78, 5) is 16.6. The molecule has 41 heavy (non-hydrogen) atoms. The van der Waals surface area contributed by atoms with Crippen LogP contribution in [0.2, 0.25) is 0 Å². The Hall–Kier alpha value is -5.14. The van der Waals surface area contributed by atoms with Gasteiger partial charge in [0.15, 0.2) is 0 Å². The molecule has 0 aliphatic heterocycles. The number of fused-ring (bicyclic) bond motifs is 3. The number of para-hydroxylation sites is 1. The maximum absolute atomic E-state index is 12.1. The second kappa shape index (κ2) is 11.5. The summed E-state index contributed by atoms with van der Waals surface area (Å²) in [7, 11) is 0. The van der Waals surface area contributed by atoms with Crippen molar-refractivity contribution < 1.29 is 14.6 Å². The normalized spacial score (nSPS) is 11.1. The molecule has 0 bridgehead atoms. The van der Waals surface area contributed by atoms with Crippen molar-refractivity contribution in [2.45, 2.75) is 13.0 Å². The second-order valence-corrected chi connectivity index (χ2v) is 9.83. The number of aliphatic hydroxyl groups excluding tert-OH is 1. The topological polar surface area (TPSA) is 102 Å². The van der Waals surface area contributed by atoms with E-state index in [1.165, 1.54) is 0 Å². The van der Waals surface area contributed by atoms with Gasteiger partial charge in [0.25, 0.3) is 5.91 Å². The van der Waals surface area contributed by atoms with Crippen molar-refractivity contribution in [2.24, 2.45) is 5.73 Å². The van der Waals surface area contributed by atoms with Crippen molar-refractivity contribution in [3.05, 3.63) is 121 Å². The van der Waals surface area contributed by atoms with E-state index in [1.54, 1.807) is 12.3 Å². The lowest BCUT2D eigenvalue weighted by Crippen LogP contribution is -2.15. The number of pyridine rings is 1. The van der Waals surface area contributed by atoms with E-state index in [0.29, 0.717) is 36.6 Å². The molecule has 0 unspecified atom stereocenters. The molecule has 6 rings (SSSR count). The summed E-state index contributed by atoms with van der Waals surface area (Å²) >= 11 is 0. The van der Waals surface area contributed by atoms with Crippen LogP contribution < -0.4 is 15.8 Å². The van der Waals surface area contributed by atoms with Gasteiger partial charge < -0.3 is 25.5 Å². The molecule has 2 aromatic heterocycles. The van der Waals surface area contributed by atoms with Gasteiger partial charge in [0.05, 0.1) is 22.8 Å². The van der Waals surface area contributed by atoms with Gasteiger partial charge in [0, 0.05) is 47.1 Å². The summed E-state index contributed by atoms with van der Waals surface area (Å²) in [6, 6.07) is 32.2. The van der Waals surface area contributed by atoms with E-state index in [9.17, 15) is 9.90 Å². The van der Waals surface area contributed by atoms with E-state index in [1.807, 2.05) is 72.9 Å². The van der Waals surface area contributed by atoms with Crippen molar-refractivity contribution >= 4 is 33.4 Å². The minimum absolute atomic E-state index is 0.0571. The smallest absolute Gasteiger partial charge is 0.250 e. The van der Waals surface area contributed by atoms with Gasteiger partial charge in [-0.3, -0.25) is 9.78 Å². The van der Waals surface area contributed by atoms with Crippen LogP contribution in [0.4, 0.5) is 5.69 Å². The van der Waals surface area contributed by atoms with Crippen LogP contribution in [0.1, 0.15) is 22.3 Å². The second-order valence-electron chi connectivity index (χ2n) is 9.83. The lowest BCUT2D eigenvalue weighted by molar-refractivity contribution is 0.100. The minimum Gasteiger partial charge on any atom is -0.487 e. The lowest BCUT2D eigenvalue weighted by atomic mass is 10.0. The molecule has 0 aliphatic carbocycles. The Morgan fingerprint density at radius 1 is 0.902 bits per heavy atom. The molecule has 6 aromatic rings.